The lowest BCUT2D eigenvalue weighted by Gasteiger charge is -2.34. The SMILES string of the molecule is Cc1cc(C(=O)N2Cc3c(C(=O)NCc4ccccc4-c4ccnc(CO)n4)n(-c4ccc(OC5CC5)cc4)c(=O)n3C[C@@H]2C)ccc1Br. The van der Waals surface area contributed by atoms with Gasteiger partial charge in [0.15, 0.2) is 5.82 Å². The zero-order valence-electron chi connectivity index (χ0n) is 27.1. The number of nitrogens with zero attached hydrogens (tertiary/aromatic N) is 5. The standard InChI is InChI=1S/C37H35BrN6O5/c1-22-17-24(7-14-30(22)38)36(47)42-20-32-34(35(46)40-18-25-5-3-4-6-29(25)31-15-16-39-33(21-45)41-31)44(37(48)43(32)19-23(42)2)26-8-10-27(11-9-26)49-28-12-13-28/h3-11,14-17,23,28,45H,12-13,18-21H2,1-2H3,(H,40,46)/t23-/m0/s1. The number of benzene rings is 3. The molecule has 1 aliphatic carbocycles. The van der Waals surface area contributed by atoms with Crippen LogP contribution in [0.15, 0.2) is 88.3 Å². The number of imidazole rings is 1. The van der Waals surface area contributed by atoms with Gasteiger partial charge in [-0.15, -0.1) is 0 Å². The summed E-state index contributed by atoms with van der Waals surface area (Å²) >= 11 is 3.51. The highest BCUT2D eigenvalue weighted by Crippen LogP contribution is 2.29. The fourth-order valence-electron chi connectivity index (χ4n) is 6.17. The van der Waals surface area contributed by atoms with E-state index in [-0.39, 0.29) is 55.7 Å². The van der Waals surface area contributed by atoms with Gasteiger partial charge in [0, 0.05) is 40.9 Å². The molecule has 2 amide bonds. The van der Waals surface area contributed by atoms with E-state index in [1.165, 1.54) is 4.57 Å². The fraction of sp³-hybridized carbons (Fsp3) is 0.270. The van der Waals surface area contributed by atoms with Gasteiger partial charge in [0.05, 0.1) is 29.7 Å². The molecule has 3 aromatic carbocycles. The molecule has 49 heavy (non-hydrogen) atoms. The van der Waals surface area contributed by atoms with Gasteiger partial charge in [-0.3, -0.25) is 18.7 Å². The number of amides is 2. The van der Waals surface area contributed by atoms with Crippen molar-refractivity contribution in [3.8, 4) is 22.7 Å². The molecule has 250 valence electrons. The number of aromatic nitrogens is 4. The number of aliphatic hydroxyl groups excluding tert-OH is 1. The van der Waals surface area contributed by atoms with Gasteiger partial charge < -0.3 is 20.1 Å². The first-order chi connectivity index (χ1) is 23.7. The molecule has 11 nitrogen and oxygen atoms in total. The van der Waals surface area contributed by atoms with Gasteiger partial charge in [-0.1, -0.05) is 40.2 Å². The Morgan fingerprint density at radius 2 is 1.84 bits per heavy atom. The Morgan fingerprint density at radius 3 is 2.57 bits per heavy atom. The van der Waals surface area contributed by atoms with Crippen LogP contribution in [0.2, 0.25) is 0 Å². The van der Waals surface area contributed by atoms with Crippen molar-refractivity contribution in [3.63, 3.8) is 0 Å². The average molecular weight is 724 g/mol. The maximum Gasteiger partial charge on any atom is 0.333 e. The number of hydrogen-bond acceptors (Lipinski definition) is 7. The van der Waals surface area contributed by atoms with Gasteiger partial charge in [-0.2, -0.15) is 0 Å². The zero-order chi connectivity index (χ0) is 34.2. The molecular weight excluding hydrogens is 688 g/mol. The van der Waals surface area contributed by atoms with E-state index in [4.69, 9.17) is 4.74 Å². The molecule has 1 saturated carbocycles. The smallest absolute Gasteiger partial charge is 0.333 e. The van der Waals surface area contributed by atoms with E-state index in [9.17, 15) is 19.5 Å². The topological polar surface area (TPSA) is 132 Å². The van der Waals surface area contributed by atoms with Crippen molar-refractivity contribution in [2.45, 2.75) is 65.1 Å². The number of halogens is 1. The van der Waals surface area contributed by atoms with Crippen molar-refractivity contribution in [3.05, 3.63) is 128 Å². The summed E-state index contributed by atoms with van der Waals surface area (Å²) in [6, 6.07) is 21.6. The van der Waals surface area contributed by atoms with Crippen molar-refractivity contribution in [2.75, 3.05) is 0 Å². The molecule has 1 aliphatic heterocycles. The van der Waals surface area contributed by atoms with Crippen LogP contribution in [0.4, 0.5) is 0 Å². The van der Waals surface area contributed by atoms with Gasteiger partial charge >= 0.3 is 5.69 Å². The van der Waals surface area contributed by atoms with E-state index in [1.54, 1.807) is 39.9 Å². The van der Waals surface area contributed by atoms with Crippen molar-refractivity contribution in [2.24, 2.45) is 0 Å². The summed E-state index contributed by atoms with van der Waals surface area (Å²) in [5.74, 6) is 0.360. The third-order valence-electron chi connectivity index (χ3n) is 8.93. The number of carbonyl (C=O) groups excluding carboxylic acids is 2. The number of aliphatic hydroxyl groups is 1. The molecule has 2 aliphatic rings. The van der Waals surface area contributed by atoms with Crippen LogP contribution in [0.25, 0.3) is 16.9 Å². The van der Waals surface area contributed by atoms with Gasteiger partial charge in [-0.25, -0.2) is 14.8 Å². The van der Waals surface area contributed by atoms with Crippen molar-refractivity contribution in [1.29, 1.82) is 0 Å². The Labute approximate surface area is 291 Å². The molecule has 0 radical (unpaired) electrons. The largest absolute Gasteiger partial charge is 0.490 e. The molecule has 2 N–H and O–H groups in total. The lowest BCUT2D eigenvalue weighted by atomic mass is 10.0. The predicted octanol–water partition coefficient (Wildman–Crippen LogP) is 5.17. The van der Waals surface area contributed by atoms with Crippen LogP contribution in [0.1, 0.15) is 63.3 Å². The molecule has 7 rings (SSSR count). The second-order valence-electron chi connectivity index (χ2n) is 12.4. The number of aryl methyl sites for hydroxylation is 1. The molecule has 5 aromatic rings. The highest BCUT2D eigenvalue weighted by Gasteiger charge is 2.35. The third-order valence-corrected chi connectivity index (χ3v) is 9.82. The molecule has 3 heterocycles. The number of rotatable bonds is 9. The lowest BCUT2D eigenvalue weighted by Crippen LogP contribution is -2.47. The second kappa shape index (κ2) is 13.4. The van der Waals surface area contributed by atoms with E-state index in [1.807, 2.05) is 62.4 Å². The Bertz CT molecular complexity index is 2120. The number of carbonyl (C=O) groups is 2. The molecule has 0 spiro atoms. The minimum Gasteiger partial charge on any atom is -0.490 e. The van der Waals surface area contributed by atoms with Crippen LogP contribution in [-0.4, -0.2) is 53.1 Å². The van der Waals surface area contributed by atoms with Crippen molar-refractivity contribution < 1.29 is 19.4 Å². The highest BCUT2D eigenvalue weighted by atomic mass is 79.9. The maximum absolute atomic E-state index is 14.3. The molecule has 0 saturated heterocycles. The first-order valence-electron chi connectivity index (χ1n) is 16.2. The molecule has 1 atom stereocenters. The predicted molar refractivity (Wildman–Crippen MR) is 186 cm³/mol. The molecule has 2 aromatic heterocycles. The Kier molecular flexibility index (Phi) is 8.91. The number of ether oxygens (including phenoxy) is 1. The molecule has 1 fully saturated rings. The van der Waals surface area contributed by atoms with Gasteiger partial charge in [0.2, 0.25) is 0 Å². The Hall–Kier alpha value is -5.07. The number of hydrogen-bond donors (Lipinski definition) is 2. The molecule has 12 heteroatoms. The van der Waals surface area contributed by atoms with Crippen LogP contribution in [-0.2, 0) is 26.2 Å². The molecule has 0 bridgehead atoms. The average Bonchev–Trinajstić information content (AvgIpc) is 3.90. The Balaban J connectivity index is 1.25. The minimum absolute atomic E-state index is 0.0738. The van der Waals surface area contributed by atoms with Gasteiger partial charge in [0.25, 0.3) is 11.8 Å². The van der Waals surface area contributed by atoms with E-state index < -0.39 is 5.91 Å². The monoisotopic (exact) mass is 722 g/mol. The summed E-state index contributed by atoms with van der Waals surface area (Å²) in [5.41, 5.74) is 4.43. The summed E-state index contributed by atoms with van der Waals surface area (Å²) in [4.78, 5) is 52.5. The number of nitrogens with one attached hydrogen (secondary N) is 1. The molecule has 0 unspecified atom stereocenters. The quantitative estimate of drug-likeness (QED) is 0.215. The van der Waals surface area contributed by atoms with Crippen LogP contribution in [0.5, 0.6) is 5.75 Å². The second-order valence-corrected chi connectivity index (χ2v) is 13.3. The fourth-order valence-corrected chi connectivity index (χ4v) is 6.41. The first-order valence-corrected chi connectivity index (χ1v) is 17.0. The number of fused-ring (bicyclic) bond motifs is 1. The summed E-state index contributed by atoms with van der Waals surface area (Å²) < 4.78 is 9.87. The van der Waals surface area contributed by atoms with E-state index >= 15 is 0 Å². The summed E-state index contributed by atoms with van der Waals surface area (Å²) in [6.45, 7) is 3.98. The maximum atomic E-state index is 14.3. The summed E-state index contributed by atoms with van der Waals surface area (Å²) in [7, 11) is 0. The van der Waals surface area contributed by atoms with Gasteiger partial charge in [-0.05, 0) is 86.3 Å². The van der Waals surface area contributed by atoms with Crippen LogP contribution in [0.3, 0.4) is 0 Å². The third kappa shape index (κ3) is 6.53. The zero-order valence-corrected chi connectivity index (χ0v) is 28.7. The van der Waals surface area contributed by atoms with E-state index in [2.05, 4.69) is 31.2 Å². The van der Waals surface area contributed by atoms with Crippen molar-refractivity contribution >= 4 is 27.7 Å². The van der Waals surface area contributed by atoms with E-state index in [0.29, 0.717) is 34.2 Å². The van der Waals surface area contributed by atoms with Crippen LogP contribution in [0, 0.1) is 6.92 Å². The van der Waals surface area contributed by atoms with Crippen LogP contribution >= 0.6 is 15.9 Å². The van der Waals surface area contributed by atoms with Gasteiger partial charge in [0.1, 0.15) is 18.1 Å². The van der Waals surface area contributed by atoms with E-state index in [0.717, 1.165) is 34.0 Å². The minimum atomic E-state index is -0.459. The van der Waals surface area contributed by atoms with Crippen molar-refractivity contribution in [1.82, 2.24) is 29.3 Å². The highest BCUT2D eigenvalue weighted by molar-refractivity contribution is 9.10. The lowest BCUT2D eigenvalue weighted by molar-refractivity contribution is 0.0610. The normalized spacial score (nSPS) is 15.5. The van der Waals surface area contributed by atoms with Crippen LogP contribution < -0.4 is 15.7 Å². The Morgan fingerprint density at radius 1 is 1.06 bits per heavy atom. The summed E-state index contributed by atoms with van der Waals surface area (Å²) in [6.07, 6.45) is 3.85. The molecular formula is C37H35BrN6O5. The first kappa shape index (κ1) is 32.5. The summed E-state index contributed by atoms with van der Waals surface area (Å²) in [5, 5.41) is 12.6.